The van der Waals surface area contributed by atoms with E-state index in [0.717, 1.165) is 55.4 Å². The predicted molar refractivity (Wildman–Crippen MR) is 88.3 cm³/mol. The van der Waals surface area contributed by atoms with Crippen molar-refractivity contribution < 1.29 is 0 Å². The average Bonchev–Trinajstić information content (AvgIpc) is 2.85. The lowest BCUT2D eigenvalue weighted by Crippen LogP contribution is -2.34. The first kappa shape index (κ1) is 14.7. The SMILES string of the molecule is CCCCn1cnc2sc3c(c2c1=O)CC[C@@H](NCC)C3. The topological polar surface area (TPSA) is 46.9 Å². The zero-order valence-electron chi connectivity index (χ0n) is 12.8. The molecule has 1 atom stereocenters. The summed E-state index contributed by atoms with van der Waals surface area (Å²) in [6.45, 7) is 6.08. The fourth-order valence-corrected chi connectivity index (χ4v) is 4.41. The van der Waals surface area contributed by atoms with Crippen LogP contribution >= 0.6 is 11.3 Å². The van der Waals surface area contributed by atoms with Gasteiger partial charge in [-0.1, -0.05) is 20.3 Å². The van der Waals surface area contributed by atoms with Gasteiger partial charge < -0.3 is 5.32 Å². The summed E-state index contributed by atoms with van der Waals surface area (Å²) in [6.07, 6.45) is 7.01. The Labute approximate surface area is 129 Å². The normalized spacial score (nSPS) is 18.1. The largest absolute Gasteiger partial charge is 0.314 e. The Bertz CT molecular complexity index is 689. The quantitative estimate of drug-likeness (QED) is 0.924. The lowest BCUT2D eigenvalue weighted by molar-refractivity contribution is 0.476. The first-order valence-electron chi connectivity index (χ1n) is 7.97. The van der Waals surface area contributed by atoms with Crippen LogP contribution in [0.1, 0.15) is 43.6 Å². The van der Waals surface area contributed by atoms with E-state index in [1.807, 2.05) is 0 Å². The van der Waals surface area contributed by atoms with Crippen LogP contribution in [0.25, 0.3) is 10.2 Å². The van der Waals surface area contributed by atoms with Crippen LogP contribution in [0.2, 0.25) is 0 Å². The summed E-state index contributed by atoms with van der Waals surface area (Å²) in [5.41, 5.74) is 1.43. The molecule has 4 nitrogen and oxygen atoms in total. The number of thiophene rings is 1. The van der Waals surface area contributed by atoms with Crippen LogP contribution in [-0.4, -0.2) is 22.1 Å². The fraction of sp³-hybridized carbons (Fsp3) is 0.625. The molecule has 0 saturated heterocycles. The van der Waals surface area contributed by atoms with Crippen molar-refractivity contribution in [2.24, 2.45) is 0 Å². The molecule has 2 heterocycles. The van der Waals surface area contributed by atoms with Crippen molar-refractivity contribution in [2.45, 2.75) is 58.5 Å². The van der Waals surface area contributed by atoms with Gasteiger partial charge in [-0.3, -0.25) is 9.36 Å². The summed E-state index contributed by atoms with van der Waals surface area (Å²) in [7, 11) is 0. The molecule has 0 unspecified atom stereocenters. The minimum Gasteiger partial charge on any atom is -0.314 e. The van der Waals surface area contributed by atoms with E-state index in [1.165, 1.54) is 10.4 Å². The average molecular weight is 305 g/mol. The highest BCUT2D eigenvalue weighted by Gasteiger charge is 2.24. The van der Waals surface area contributed by atoms with E-state index < -0.39 is 0 Å². The van der Waals surface area contributed by atoms with E-state index in [2.05, 4.69) is 24.1 Å². The number of unbranched alkanes of at least 4 members (excludes halogenated alkanes) is 1. The lowest BCUT2D eigenvalue weighted by atomic mass is 9.93. The number of nitrogens with one attached hydrogen (secondary N) is 1. The molecule has 0 amide bonds. The van der Waals surface area contributed by atoms with Crippen LogP contribution < -0.4 is 10.9 Å². The summed E-state index contributed by atoms with van der Waals surface area (Å²) in [5.74, 6) is 0. The molecule has 0 bridgehead atoms. The Kier molecular flexibility index (Phi) is 4.40. The molecule has 0 fully saturated rings. The van der Waals surface area contributed by atoms with Crippen molar-refractivity contribution in [3.8, 4) is 0 Å². The van der Waals surface area contributed by atoms with Crippen molar-refractivity contribution in [2.75, 3.05) is 6.54 Å². The van der Waals surface area contributed by atoms with Gasteiger partial charge in [0.15, 0.2) is 0 Å². The molecule has 3 rings (SSSR count). The summed E-state index contributed by atoms with van der Waals surface area (Å²) in [4.78, 5) is 19.5. The molecule has 2 aromatic rings. The van der Waals surface area contributed by atoms with Crippen LogP contribution in [0, 0.1) is 0 Å². The fourth-order valence-electron chi connectivity index (χ4n) is 3.15. The zero-order chi connectivity index (χ0) is 14.8. The van der Waals surface area contributed by atoms with Gasteiger partial charge in [-0.2, -0.15) is 0 Å². The maximum Gasteiger partial charge on any atom is 0.262 e. The third-order valence-electron chi connectivity index (χ3n) is 4.28. The molecule has 1 aliphatic carbocycles. The molecule has 114 valence electrons. The molecular weight excluding hydrogens is 282 g/mol. The number of hydrogen-bond donors (Lipinski definition) is 1. The molecule has 1 aliphatic rings. The maximum atomic E-state index is 12.7. The Morgan fingerprint density at radius 2 is 2.33 bits per heavy atom. The number of aromatic nitrogens is 2. The second kappa shape index (κ2) is 6.28. The molecule has 0 saturated carbocycles. The Morgan fingerprint density at radius 1 is 1.48 bits per heavy atom. The van der Waals surface area contributed by atoms with Crippen LogP contribution in [-0.2, 0) is 19.4 Å². The van der Waals surface area contributed by atoms with Crippen molar-refractivity contribution in [3.63, 3.8) is 0 Å². The molecule has 1 N–H and O–H groups in total. The number of aryl methyl sites for hydroxylation is 2. The van der Waals surface area contributed by atoms with E-state index >= 15 is 0 Å². The molecule has 21 heavy (non-hydrogen) atoms. The van der Waals surface area contributed by atoms with E-state index in [0.29, 0.717) is 6.04 Å². The second-order valence-corrected chi connectivity index (χ2v) is 6.86. The van der Waals surface area contributed by atoms with Crippen molar-refractivity contribution in [1.82, 2.24) is 14.9 Å². The molecule has 0 spiro atoms. The van der Waals surface area contributed by atoms with E-state index in [4.69, 9.17) is 0 Å². The number of likely N-dealkylation sites (N-methyl/N-ethyl adjacent to an activating group) is 1. The van der Waals surface area contributed by atoms with Gasteiger partial charge in [-0.25, -0.2) is 4.98 Å². The first-order chi connectivity index (χ1) is 10.2. The van der Waals surface area contributed by atoms with Crippen molar-refractivity contribution >= 4 is 21.6 Å². The van der Waals surface area contributed by atoms with Crippen LogP contribution in [0.15, 0.2) is 11.1 Å². The highest BCUT2D eigenvalue weighted by atomic mass is 32.1. The summed E-state index contributed by atoms with van der Waals surface area (Å²) in [5, 5.41) is 4.42. The predicted octanol–water partition coefficient (Wildman–Crippen LogP) is 2.72. The smallest absolute Gasteiger partial charge is 0.262 e. The van der Waals surface area contributed by atoms with E-state index in [1.54, 1.807) is 22.2 Å². The van der Waals surface area contributed by atoms with Gasteiger partial charge in [0, 0.05) is 17.5 Å². The van der Waals surface area contributed by atoms with E-state index in [9.17, 15) is 4.79 Å². The molecule has 0 radical (unpaired) electrons. The van der Waals surface area contributed by atoms with Gasteiger partial charge >= 0.3 is 0 Å². The number of rotatable bonds is 5. The summed E-state index contributed by atoms with van der Waals surface area (Å²) >= 11 is 1.71. The lowest BCUT2D eigenvalue weighted by Gasteiger charge is -2.22. The van der Waals surface area contributed by atoms with Gasteiger partial charge in [0.1, 0.15) is 4.83 Å². The monoisotopic (exact) mass is 305 g/mol. The third-order valence-corrected chi connectivity index (χ3v) is 5.44. The van der Waals surface area contributed by atoms with Crippen LogP contribution in [0.3, 0.4) is 0 Å². The van der Waals surface area contributed by atoms with Gasteiger partial charge in [0.05, 0.1) is 11.7 Å². The molecule has 5 heteroatoms. The summed E-state index contributed by atoms with van der Waals surface area (Å²) in [6, 6.07) is 0.554. The summed E-state index contributed by atoms with van der Waals surface area (Å²) < 4.78 is 1.79. The molecule has 0 aliphatic heterocycles. The second-order valence-electron chi connectivity index (χ2n) is 5.78. The first-order valence-corrected chi connectivity index (χ1v) is 8.79. The third kappa shape index (κ3) is 2.77. The zero-order valence-corrected chi connectivity index (χ0v) is 13.6. The Balaban J connectivity index is 1.99. The maximum absolute atomic E-state index is 12.7. The van der Waals surface area contributed by atoms with Gasteiger partial charge in [-0.15, -0.1) is 11.3 Å². The van der Waals surface area contributed by atoms with Gasteiger partial charge in [-0.05, 0) is 37.8 Å². The number of fused-ring (bicyclic) bond motifs is 3. The highest BCUT2D eigenvalue weighted by Crippen LogP contribution is 2.33. The minimum atomic E-state index is 0.160. The van der Waals surface area contributed by atoms with Crippen molar-refractivity contribution in [3.05, 3.63) is 27.1 Å². The minimum absolute atomic E-state index is 0.160. The highest BCUT2D eigenvalue weighted by molar-refractivity contribution is 7.18. The van der Waals surface area contributed by atoms with Crippen LogP contribution in [0.4, 0.5) is 0 Å². The van der Waals surface area contributed by atoms with Crippen LogP contribution in [0.5, 0.6) is 0 Å². The molecule has 2 aromatic heterocycles. The Hall–Kier alpha value is -1.20. The standard InChI is InChI=1S/C16H23N3OS/c1-3-5-8-19-10-18-15-14(16(19)20)12-7-6-11(17-4-2)9-13(12)21-15/h10-11,17H,3-9H2,1-2H3/t11-/m1/s1. The van der Waals surface area contributed by atoms with E-state index in [-0.39, 0.29) is 5.56 Å². The molecular formula is C16H23N3OS. The molecule has 0 aromatic carbocycles. The van der Waals surface area contributed by atoms with Crippen molar-refractivity contribution in [1.29, 1.82) is 0 Å². The van der Waals surface area contributed by atoms with Gasteiger partial charge in [0.25, 0.3) is 5.56 Å². The van der Waals surface area contributed by atoms with Gasteiger partial charge in [0.2, 0.25) is 0 Å². The number of nitrogens with zero attached hydrogens (tertiary/aromatic N) is 2. The Morgan fingerprint density at radius 3 is 3.10 bits per heavy atom. The number of hydrogen-bond acceptors (Lipinski definition) is 4.